The summed E-state index contributed by atoms with van der Waals surface area (Å²) in [6, 6.07) is 8.91. The number of ether oxygens (including phenoxy) is 1. The minimum absolute atomic E-state index is 0.0630. The number of hydrogen-bond donors (Lipinski definition) is 0. The summed E-state index contributed by atoms with van der Waals surface area (Å²) in [5.74, 6) is -0.865. The zero-order valence-electron chi connectivity index (χ0n) is 11.4. The third-order valence-corrected chi connectivity index (χ3v) is 4.20. The Balaban J connectivity index is 2.32. The zero-order chi connectivity index (χ0) is 15.5. The number of carbonyl (C=O) groups excluding carboxylic acids is 1. The molecule has 1 aromatic rings. The van der Waals surface area contributed by atoms with Gasteiger partial charge in [0.15, 0.2) is 0 Å². The maximum Gasteiger partial charge on any atom is 0.348 e. The second-order valence-corrected chi connectivity index (χ2v) is 5.77. The molecule has 1 unspecified atom stereocenters. The SMILES string of the molecule is CCOC(=O)C1(F)C=CC(I)=C(c2ccc(C#N)cc2)C1. The van der Waals surface area contributed by atoms with Crippen LogP contribution >= 0.6 is 22.6 Å². The first kappa shape index (κ1) is 15.7. The molecule has 0 N–H and O–H groups in total. The summed E-state index contributed by atoms with van der Waals surface area (Å²) < 4.78 is 20.4. The van der Waals surface area contributed by atoms with E-state index in [-0.39, 0.29) is 13.0 Å². The van der Waals surface area contributed by atoms with Gasteiger partial charge in [-0.05, 0) is 64.9 Å². The molecule has 0 bridgehead atoms. The lowest BCUT2D eigenvalue weighted by atomic mass is 9.87. The topological polar surface area (TPSA) is 50.1 Å². The molecular weight excluding hydrogens is 384 g/mol. The van der Waals surface area contributed by atoms with Crippen LogP contribution in [-0.4, -0.2) is 18.2 Å². The number of nitrogens with zero attached hydrogens (tertiary/aromatic N) is 1. The predicted molar refractivity (Wildman–Crippen MR) is 86.3 cm³/mol. The van der Waals surface area contributed by atoms with Crippen molar-refractivity contribution in [2.24, 2.45) is 0 Å². The molecule has 5 heteroatoms. The molecule has 0 saturated heterocycles. The Bertz CT molecular complexity index is 658. The van der Waals surface area contributed by atoms with Gasteiger partial charge < -0.3 is 4.74 Å². The van der Waals surface area contributed by atoms with E-state index < -0.39 is 11.6 Å². The van der Waals surface area contributed by atoms with E-state index in [9.17, 15) is 9.18 Å². The van der Waals surface area contributed by atoms with Gasteiger partial charge in [-0.1, -0.05) is 12.1 Å². The van der Waals surface area contributed by atoms with Crippen LogP contribution in [-0.2, 0) is 9.53 Å². The predicted octanol–water partition coefficient (Wildman–Crippen LogP) is 3.94. The Labute approximate surface area is 136 Å². The number of allylic oxidation sites excluding steroid dienone is 3. The number of benzene rings is 1. The van der Waals surface area contributed by atoms with Crippen LogP contribution in [0, 0.1) is 11.3 Å². The lowest BCUT2D eigenvalue weighted by molar-refractivity contribution is -0.153. The number of nitriles is 1. The summed E-state index contributed by atoms with van der Waals surface area (Å²) in [6.07, 6.45) is 2.78. The van der Waals surface area contributed by atoms with Gasteiger partial charge in [0.05, 0.1) is 18.2 Å². The second kappa shape index (κ2) is 6.39. The standard InChI is InChI=1S/C16H13FINO2/c1-2-21-15(20)16(17)8-7-14(18)13(9-16)12-5-3-11(10-19)4-6-12/h3-8H,2,9H2,1H3. The fourth-order valence-corrected chi connectivity index (χ4v) is 2.77. The molecule has 108 valence electrons. The van der Waals surface area contributed by atoms with Crippen LogP contribution in [0.2, 0.25) is 0 Å². The van der Waals surface area contributed by atoms with Crippen molar-refractivity contribution < 1.29 is 13.9 Å². The van der Waals surface area contributed by atoms with Gasteiger partial charge in [-0.15, -0.1) is 0 Å². The van der Waals surface area contributed by atoms with Crippen molar-refractivity contribution in [3.05, 3.63) is 51.1 Å². The fourth-order valence-electron chi connectivity index (χ4n) is 2.08. The van der Waals surface area contributed by atoms with Crippen LogP contribution in [0.3, 0.4) is 0 Å². The molecule has 0 amide bonds. The van der Waals surface area contributed by atoms with Gasteiger partial charge in [0, 0.05) is 10.0 Å². The van der Waals surface area contributed by atoms with Crippen LogP contribution in [0.15, 0.2) is 40.0 Å². The van der Waals surface area contributed by atoms with Gasteiger partial charge in [0.25, 0.3) is 0 Å². The molecule has 0 saturated carbocycles. The highest BCUT2D eigenvalue weighted by molar-refractivity contribution is 14.1. The molecule has 21 heavy (non-hydrogen) atoms. The van der Waals surface area contributed by atoms with Gasteiger partial charge in [-0.25, -0.2) is 9.18 Å². The molecule has 1 atom stereocenters. The number of alkyl halides is 1. The van der Waals surface area contributed by atoms with Crippen LogP contribution < -0.4 is 0 Å². The van der Waals surface area contributed by atoms with E-state index in [1.807, 2.05) is 6.07 Å². The van der Waals surface area contributed by atoms with Gasteiger partial charge in [0.1, 0.15) is 0 Å². The molecule has 0 spiro atoms. The van der Waals surface area contributed by atoms with Crippen LogP contribution in [0.4, 0.5) is 4.39 Å². The van der Waals surface area contributed by atoms with Crippen molar-refractivity contribution in [3.8, 4) is 6.07 Å². The smallest absolute Gasteiger partial charge is 0.348 e. The molecule has 0 heterocycles. The summed E-state index contributed by atoms with van der Waals surface area (Å²) in [5, 5.41) is 8.81. The van der Waals surface area contributed by atoms with E-state index in [1.54, 1.807) is 37.3 Å². The summed E-state index contributed by atoms with van der Waals surface area (Å²) in [6.45, 7) is 1.79. The Morgan fingerprint density at radius 3 is 2.71 bits per heavy atom. The van der Waals surface area contributed by atoms with Crippen molar-refractivity contribution in [1.29, 1.82) is 5.26 Å². The van der Waals surface area contributed by atoms with Crippen molar-refractivity contribution in [3.63, 3.8) is 0 Å². The highest BCUT2D eigenvalue weighted by atomic mass is 127. The Hall–Kier alpha value is -1.68. The Morgan fingerprint density at radius 1 is 1.48 bits per heavy atom. The summed E-state index contributed by atoms with van der Waals surface area (Å²) >= 11 is 2.11. The second-order valence-electron chi connectivity index (χ2n) is 4.61. The summed E-state index contributed by atoms with van der Waals surface area (Å²) in [5.41, 5.74) is -0.0571. The van der Waals surface area contributed by atoms with Gasteiger partial charge in [0.2, 0.25) is 5.67 Å². The summed E-state index contributed by atoms with van der Waals surface area (Å²) in [7, 11) is 0. The third kappa shape index (κ3) is 3.32. The molecule has 0 aromatic heterocycles. The number of carbonyl (C=O) groups is 1. The molecule has 1 aromatic carbocycles. The van der Waals surface area contributed by atoms with E-state index in [1.165, 1.54) is 6.08 Å². The first-order valence-electron chi connectivity index (χ1n) is 6.44. The zero-order valence-corrected chi connectivity index (χ0v) is 13.6. The Morgan fingerprint density at radius 2 is 2.14 bits per heavy atom. The molecular formula is C16H13FINO2. The van der Waals surface area contributed by atoms with Gasteiger partial charge in [-0.3, -0.25) is 0 Å². The Kier molecular flexibility index (Phi) is 4.78. The van der Waals surface area contributed by atoms with Crippen molar-refractivity contribution >= 4 is 34.1 Å². The van der Waals surface area contributed by atoms with E-state index in [0.717, 1.165) is 14.7 Å². The van der Waals surface area contributed by atoms with E-state index in [4.69, 9.17) is 10.00 Å². The summed E-state index contributed by atoms with van der Waals surface area (Å²) in [4.78, 5) is 11.8. The average molecular weight is 397 g/mol. The maximum atomic E-state index is 14.8. The quantitative estimate of drug-likeness (QED) is 0.574. The minimum Gasteiger partial charge on any atom is -0.463 e. The molecule has 0 aliphatic heterocycles. The van der Waals surface area contributed by atoms with Crippen molar-refractivity contribution in [1.82, 2.24) is 0 Å². The fraction of sp³-hybridized carbons (Fsp3) is 0.250. The largest absolute Gasteiger partial charge is 0.463 e. The highest BCUT2D eigenvalue weighted by Gasteiger charge is 2.41. The molecule has 0 radical (unpaired) electrons. The normalized spacial score (nSPS) is 21.0. The maximum absolute atomic E-state index is 14.8. The molecule has 1 aliphatic rings. The highest BCUT2D eigenvalue weighted by Crippen LogP contribution is 2.39. The minimum atomic E-state index is -2.13. The number of rotatable bonds is 3. The number of hydrogen-bond acceptors (Lipinski definition) is 3. The lowest BCUT2D eigenvalue weighted by Gasteiger charge is -2.25. The third-order valence-electron chi connectivity index (χ3n) is 3.19. The van der Waals surface area contributed by atoms with Gasteiger partial charge >= 0.3 is 5.97 Å². The first-order valence-corrected chi connectivity index (χ1v) is 7.52. The van der Waals surface area contributed by atoms with E-state index >= 15 is 0 Å². The van der Waals surface area contributed by atoms with Crippen LogP contribution in [0.5, 0.6) is 0 Å². The number of halogens is 2. The van der Waals surface area contributed by atoms with Crippen molar-refractivity contribution in [2.75, 3.05) is 6.61 Å². The molecule has 2 rings (SSSR count). The van der Waals surface area contributed by atoms with E-state index in [0.29, 0.717) is 5.56 Å². The monoisotopic (exact) mass is 397 g/mol. The number of esters is 1. The lowest BCUT2D eigenvalue weighted by Crippen LogP contribution is -2.35. The van der Waals surface area contributed by atoms with Crippen LogP contribution in [0.1, 0.15) is 24.5 Å². The van der Waals surface area contributed by atoms with Crippen LogP contribution in [0.25, 0.3) is 5.57 Å². The molecule has 3 nitrogen and oxygen atoms in total. The van der Waals surface area contributed by atoms with Crippen molar-refractivity contribution in [2.45, 2.75) is 19.0 Å². The first-order chi connectivity index (χ1) is 10.00. The molecule has 1 aliphatic carbocycles. The molecule has 0 fully saturated rings. The van der Waals surface area contributed by atoms with E-state index in [2.05, 4.69) is 22.6 Å². The average Bonchev–Trinajstić information content (AvgIpc) is 2.50. The van der Waals surface area contributed by atoms with Gasteiger partial charge in [-0.2, -0.15) is 5.26 Å².